The van der Waals surface area contributed by atoms with Gasteiger partial charge in [-0.05, 0) is 74.4 Å². The summed E-state index contributed by atoms with van der Waals surface area (Å²) in [6.45, 7) is 5.90. The van der Waals surface area contributed by atoms with Gasteiger partial charge in [0.05, 0.1) is 0 Å². The van der Waals surface area contributed by atoms with E-state index in [4.69, 9.17) is 5.73 Å². The zero-order chi connectivity index (χ0) is 20.0. The summed E-state index contributed by atoms with van der Waals surface area (Å²) < 4.78 is 0. The zero-order valence-corrected chi connectivity index (χ0v) is 16.8. The first-order chi connectivity index (χ1) is 14.1. The normalized spacial score (nSPS) is 32.8. The van der Waals surface area contributed by atoms with E-state index in [1.807, 2.05) is 12.1 Å². The third-order valence-electron chi connectivity index (χ3n) is 7.29. The Bertz CT molecular complexity index is 762. The highest BCUT2D eigenvalue weighted by atomic mass is 16.2. The summed E-state index contributed by atoms with van der Waals surface area (Å²) in [5, 5.41) is 5.64. The molecule has 156 valence electrons. The van der Waals surface area contributed by atoms with Gasteiger partial charge in [-0.2, -0.15) is 0 Å². The molecule has 2 unspecified atom stereocenters. The lowest BCUT2D eigenvalue weighted by atomic mass is 10.1. The Morgan fingerprint density at radius 3 is 2.38 bits per heavy atom. The smallest absolute Gasteiger partial charge is 0.249 e. The number of nitrogens with two attached hydrogens (primary N) is 1. The van der Waals surface area contributed by atoms with E-state index in [9.17, 15) is 9.59 Å². The number of hydrogen-bond donors (Lipinski definition) is 3. The molecule has 3 aliphatic heterocycles. The number of imide groups is 1. The molecule has 0 bridgehead atoms. The summed E-state index contributed by atoms with van der Waals surface area (Å²) in [7, 11) is 0. The summed E-state index contributed by atoms with van der Waals surface area (Å²) in [6, 6.07) is 8.44. The van der Waals surface area contributed by atoms with E-state index in [0.29, 0.717) is 18.9 Å². The van der Waals surface area contributed by atoms with Crippen molar-refractivity contribution in [3.63, 3.8) is 0 Å². The first kappa shape index (κ1) is 18.9. The summed E-state index contributed by atoms with van der Waals surface area (Å²) >= 11 is 0. The van der Waals surface area contributed by atoms with E-state index < -0.39 is 0 Å². The van der Waals surface area contributed by atoms with Gasteiger partial charge in [0.2, 0.25) is 11.8 Å². The molecule has 2 amide bonds. The van der Waals surface area contributed by atoms with Crippen LogP contribution >= 0.6 is 0 Å². The number of carbonyl (C=O) groups is 2. The molecule has 0 spiro atoms. The molecule has 1 saturated carbocycles. The Labute approximate surface area is 172 Å². The molecular weight excluding hydrogens is 366 g/mol. The number of amides is 2. The Kier molecular flexibility index (Phi) is 4.95. The maximum absolute atomic E-state index is 11.9. The molecular formula is C22H31N5O2. The van der Waals surface area contributed by atoms with Crippen LogP contribution in [-0.4, -0.2) is 61.5 Å². The molecule has 3 saturated heterocycles. The quantitative estimate of drug-likeness (QED) is 0.643. The van der Waals surface area contributed by atoms with Gasteiger partial charge in [-0.1, -0.05) is 0 Å². The summed E-state index contributed by atoms with van der Waals surface area (Å²) in [5.74, 6) is 2.14. The number of anilines is 2. The fourth-order valence-electron chi connectivity index (χ4n) is 5.37. The van der Waals surface area contributed by atoms with Crippen LogP contribution in [0.15, 0.2) is 24.3 Å². The maximum Gasteiger partial charge on any atom is 0.249 e. The van der Waals surface area contributed by atoms with Crippen LogP contribution in [0.5, 0.6) is 0 Å². The van der Waals surface area contributed by atoms with Crippen molar-refractivity contribution in [1.82, 2.24) is 10.2 Å². The summed E-state index contributed by atoms with van der Waals surface area (Å²) in [4.78, 5) is 28.3. The van der Waals surface area contributed by atoms with E-state index >= 15 is 0 Å². The molecule has 1 aromatic rings. The second kappa shape index (κ2) is 7.61. The van der Waals surface area contributed by atoms with Crippen molar-refractivity contribution in [3.8, 4) is 0 Å². The standard InChI is InChI=1S/C22H31N5O2/c23-14-7-9-26(10-8-14)11-17-18-12-27(13-19(17)18)16-3-1-15(2-4-16)24-20-5-6-21(28)25-22(20)29/h1-4,14,17-20,24H,5-13,23H2,(H,25,28,29)/t17?,18-,19+,20?. The van der Waals surface area contributed by atoms with Crippen LogP contribution in [0.2, 0.25) is 0 Å². The van der Waals surface area contributed by atoms with Gasteiger partial charge < -0.3 is 20.9 Å². The lowest BCUT2D eigenvalue weighted by molar-refractivity contribution is -0.133. The van der Waals surface area contributed by atoms with Crippen molar-refractivity contribution in [2.75, 3.05) is 42.9 Å². The minimum absolute atomic E-state index is 0.182. The predicted octanol–water partition coefficient (Wildman–Crippen LogP) is 1.01. The highest BCUT2D eigenvalue weighted by Gasteiger charge is 2.55. The van der Waals surface area contributed by atoms with Gasteiger partial charge in [-0.3, -0.25) is 14.9 Å². The van der Waals surface area contributed by atoms with Gasteiger partial charge in [-0.15, -0.1) is 0 Å². The number of rotatable bonds is 5. The van der Waals surface area contributed by atoms with Crippen molar-refractivity contribution in [2.24, 2.45) is 23.5 Å². The van der Waals surface area contributed by atoms with E-state index in [1.54, 1.807) is 0 Å². The van der Waals surface area contributed by atoms with Crippen molar-refractivity contribution in [3.05, 3.63) is 24.3 Å². The first-order valence-corrected chi connectivity index (χ1v) is 11.0. The molecule has 4 atom stereocenters. The minimum atomic E-state index is -0.330. The molecule has 5 rings (SSSR count). The molecule has 29 heavy (non-hydrogen) atoms. The molecule has 4 fully saturated rings. The number of hydrogen-bond acceptors (Lipinski definition) is 6. The Morgan fingerprint density at radius 2 is 1.72 bits per heavy atom. The number of piperidine rings is 3. The van der Waals surface area contributed by atoms with Crippen LogP contribution < -0.4 is 21.3 Å². The topological polar surface area (TPSA) is 90.7 Å². The number of carbonyl (C=O) groups excluding carboxylic acids is 2. The number of nitrogens with zero attached hydrogens (tertiary/aromatic N) is 2. The van der Waals surface area contributed by atoms with Gasteiger partial charge >= 0.3 is 0 Å². The van der Waals surface area contributed by atoms with Gasteiger partial charge in [0, 0.05) is 43.5 Å². The SMILES string of the molecule is NC1CCN(CC2[C@H]3CN(c4ccc(NC5CCC(=O)NC5=O)cc4)C[C@@H]23)CC1. The second-order valence-electron chi connectivity index (χ2n) is 9.23. The van der Waals surface area contributed by atoms with Crippen molar-refractivity contribution in [2.45, 2.75) is 37.8 Å². The van der Waals surface area contributed by atoms with E-state index in [1.165, 1.54) is 25.3 Å². The fourth-order valence-corrected chi connectivity index (χ4v) is 5.37. The van der Waals surface area contributed by atoms with Crippen LogP contribution in [0.25, 0.3) is 0 Å². The number of likely N-dealkylation sites (tertiary alicyclic amines) is 1. The van der Waals surface area contributed by atoms with Crippen LogP contribution in [0.4, 0.5) is 11.4 Å². The summed E-state index contributed by atoms with van der Waals surface area (Å²) in [6.07, 6.45) is 3.23. The van der Waals surface area contributed by atoms with Gasteiger partial charge in [0.25, 0.3) is 0 Å². The highest BCUT2D eigenvalue weighted by Crippen LogP contribution is 2.53. The maximum atomic E-state index is 11.9. The van der Waals surface area contributed by atoms with E-state index in [0.717, 1.165) is 49.4 Å². The second-order valence-corrected chi connectivity index (χ2v) is 9.23. The van der Waals surface area contributed by atoms with Crippen molar-refractivity contribution in [1.29, 1.82) is 0 Å². The third-order valence-corrected chi connectivity index (χ3v) is 7.29. The van der Waals surface area contributed by atoms with Crippen LogP contribution in [0, 0.1) is 17.8 Å². The predicted molar refractivity (Wildman–Crippen MR) is 113 cm³/mol. The number of fused-ring (bicyclic) bond motifs is 1. The summed E-state index contributed by atoms with van der Waals surface area (Å²) in [5.41, 5.74) is 8.21. The average molecular weight is 398 g/mol. The van der Waals surface area contributed by atoms with Crippen LogP contribution in [-0.2, 0) is 9.59 Å². The number of benzene rings is 1. The molecule has 1 aliphatic carbocycles. The molecule has 4 N–H and O–H groups in total. The van der Waals surface area contributed by atoms with Gasteiger partial charge in [-0.25, -0.2) is 0 Å². The fraction of sp³-hybridized carbons (Fsp3) is 0.636. The third kappa shape index (κ3) is 3.98. The van der Waals surface area contributed by atoms with Crippen molar-refractivity contribution >= 4 is 23.2 Å². The highest BCUT2D eigenvalue weighted by molar-refractivity contribution is 6.01. The van der Waals surface area contributed by atoms with Gasteiger partial charge in [0.15, 0.2) is 0 Å². The lowest BCUT2D eigenvalue weighted by Crippen LogP contribution is -2.47. The van der Waals surface area contributed by atoms with Gasteiger partial charge in [0.1, 0.15) is 6.04 Å². The molecule has 0 aromatic heterocycles. The van der Waals surface area contributed by atoms with E-state index in [2.05, 4.69) is 32.6 Å². The van der Waals surface area contributed by atoms with E-state index in [-0.39, 0.29) is 17.9 Å². The molecule has 1 aromatic carbocycles. The Balaban J connectivity index is 1.10. The molecule has 0 radical (unpaired) electrons. The van der Waals surface area contributed by atoms with Crippen molar-refractivity contribution < 1.29 is 9.59 Å². The van der Waals surface area contributed by atoms with Crippen LogP contribution in [0.3, 0.4) is 0 Å². The first-order valence-electron chi connectivity index (χ1n) is 11.0. The number of nitrogens with one attached hydrogen (secondary N) is 2. The molecule has 3 heterocycles. The molecule has 4 aliphatic rings. The molecule has 7 heteroatoms. The average Bonchev–Trinajstić information content (AvgIpc) is 3.15. The molecule has 7 nitrogen and oxygen atoms in total. The lowest BCUT2D eigenvalue weighted by Gasteiger charge is -2.31. The zero-order valence-electron chi connectivity index (χ0n) is 16.8. The Morgan fingerprint density at radius 1 is 1.03 bits per heavy atom. The Hall–Kier alpha value is -2.12. The largest absolute Gasteiger partial charge is 0.374 e. The monoisotopic (exact) mass is 397 g/mol. The van der Waals surface area contributed by atoms with Crippen LogP contribution in [0.1, 0.15) is 25.7 Å². The minimum Gasteiger partial charge on any atom is -0.374 e.